The largest absolute Gasteiger partial charge is 0.678 e. The van der Waals surface area contributed by atoms with Crippen molar-refractivity contribution >= 4 is 39.3 Å². The van der Waals surface area contributed by atoms with Crippen molar-refractivity contribution in [1.29, 1.82) is 0 Å². The third-order valence-corrected chi connectivity index (χ3v) is 18.5. The van der Waals surface area contributed by atoms with Gasteiger partial charge in [0.2, 0.25) is 0 Å². The summed E-state index contributed by atoms with van der Waals surface area (Å²) in [6, 6.07) is 56.5. The number of fused-ring (bicyclic) bond motifs is 1. The van der Waals surface area contributed by atoms with Gasteiger partial charge in [0, 0.05) is 39.4 Å². The first-order chi connectivity index (χ1) is 52.1. The molecule has 0 heterocycles. The number of carbonyl (C=O) groups excluding carboxylic acids is 1. The molecule has 0 atom stereocenters. The third kappa shape index (κ3) is 49.1. The molecular weight excluding hydrogens is 1410 g/mol. The number of carbonyl (C=O) groups is 1. The molecule has 0 N–H and O–H groups in total. The van der Waals surface area contributed by atoms with E-state index in [9.17, 15) is 4.79 Å². The van der Waals surface area contributed by atoms with Crippen LogP contribution in [0.15, 0.2) is 215 Å². The number of ether oxygens (including phenoxy) is 4. The zero-order valence-electron chi connectivity index (χ0n) is 76.0. The Bertz CT molecular complexity index is 3890. The van der Waals surface area contributed by atoms with Crippen molar-refractivity contribution in [3.63, 3.8) is 0 Å². The topological polar surface area (TPSA) is 90.9 Å². The van der Waals surface area contributed by atoms with Crippen molar-refractivity contribution in [3.05, 3.63) is 282 Å². The summed E-state index contributed by atoms with van der Waals surface area (Å²) in [5.74, 6) is 4.84. The third-order valence-electron chi connectivity index (χ3n) is 16.5. The van der Waals surface area contributed by atoms with Crippen molar-refractivity contribution in [2.45, 2.75) is 235 Å². The van der Waals surface area contributed by atoms with E-state index in [0.717, 1.165) is 40.5 Å². The molecular formula is C103H150O9Si. The minimum atomic E-state index is -2.83. The molecule has 113 heavy (non-hydrogen) atoms. The summed E-state index contributed by atoms with van der Waals surface area (Å²) in [7, 11) is 1.76. The molecule has 620 valence electrons. The molecule has 0 aromatic heterocycles. The highest BCUT2D eigenvalue weighted by atomic mass is 28.4. The zero-order chi connectivity index (χ0) is 86.9. The average molecular weight is 1560 g/mol. The molecule has 1 aliphatic rings. The van der Waals surface area contributed by atoms with Crippen LogP contribution in [0.5, 0.6) is 17.2 Å². The molecule has 0 radical (unpaired) electrons. The fourth-order valence-corrected chi connectivity index (χ4v) is 10.3. The number of aryl methyl sites for hydroxylation is 2. The predicted octanol–water partition coefficient (Wildman–Crippen LogP) is 28.3. The lowest BCUT2D eigenvalue weighted by molar-refractivity contribution is -0.140. The van der Waals surface area contributed by atoms with Gasteiger partial charge in [-0.1, -0.05) is 357 Å². The fraction of sp³-hybridized carbons (Fsp3) is 0.447. The molecule has 1 aliphatic carbocycles. The van der Waals surface area contributed by atoms with Crippen LogP contribution in [0, 0.1) is 39.4 Å². The Morgan fingerprint density at radius 1 is 0.398 bits per heavy atom. The summed E-state index contributed by atoms with van der Waals surface area (Å²) in [4.78, 5) is 10.5. The molecule has 0 fully saturated rings. The van der Waals surface area contributed by atoms with Gasteiger partial charge < -0.3 is 36.7 Å². The minimum absolute atomic E-state index is 0.0403. The second kappa shape index (κ2) is 49.4. The molecule has 0 bridgehead atoms. The highest BCUT2D eigenvalue weighted by molar-refractivity contribution is 6.53. The lowest BCUT2D eigenvalue weighted by Crippen LogP contribution is -2.48. The summed E-state index contributed by atoms with van der Waals surface area (Å²) >= 11 is 0. The van der Waals surface area contributed by atoms with Gasteiger partial charge in [0.15, 0.2) is 0 Å². The Morgan fingerprint density at radius 3 is 1.00 bits per heavy atom. The molecule has 0 saturated carbocycles. The fourth-order valence-electron chi connectivity index (χ4n) is 8.88. The van der Waals surface area contributed by atoms with E-state index in [4.69, 9.17) is 43.1 Å². The van der Waals surface area contributed by atoms with Crippen LogP contribution in [0.2, 0.25) is 0 Å². The molecule has 8 rings (SSSR count). The maximum atomic E-state index is 10.5. The number of allylic oxidation sites excluding steroid dienone is 1. The summed E-state index contributed by atoms with van der Waals surface area (Å²) in [6.45, 7) is 82.8. The van der Waals surface area contributed by atoms with Gasteiger partial charge in [-0.3, -0.25) is 0 Å². The quantitative estimate of drug-likeness (QED) is 0.0258. The van der Waals surface area contributed by atoms with Crippen LogP contribution in [0.3, 0.4) is 0 Å². The van der Waals surface area contributed by atoms with Crippen LogP contribution in [-0.2, 0) is 79.7 Å². The van der Waals surface area contributed by atoms with E-state index >= 15 is 0 Å². The van der Waals surface area contributed by atoms with E-state index in [1.165, 1.54) is 79.2 Å². The monoisotopic (exact) mass is 1560 g/mol. The van der Waals surface area contributed by atoms with E-state index in [2.05, 4.69) is 294 Å². The molecule has 10 heteroatoms. The second-order valence-corrected chi connectivity index (χ2v) is 40.3. The molecule has 0 saturated heterocycles. The Kier molecular flexibility index (Phi) is 45.7. The van der Waals surface area contributed by atoms with Crippen LogP contribution in [0.25, 0.3) is 24.3 Å². The SMILES string of the molecule is C#CC(C)(C)C.C=CC(=O)OCC(C)(C)C.C=CC(C)(C)C.C=Cc1ccc(C(C)(C)C)cc1.C=Cc1ccc(COCC(C)(C)C)cc1.C=Cc1ccc(OCc2ccc(C(C)(C)C)cc2)cc1.C=Cc1ccc(Oc2ccc(C(C)(C)C)cc2)cc1.CC(C)(C)c1ccc2c(c1)CC2.CO[Si](OC)(OC)OCC(C)(C)C. The summed E-state index contributed by atoms with van der Waals surface area (Å²) in [5.41, 5.74) is 17.2. The smallest absolute Gasteiger partial charge is 0.489 e. The van der Waals surface area contributed by atoms with Gasteiger partial charge in [-0.15, -0.1) is 18.9 Å². The molecule has 7 aromatic carbocycles. The van der Waals surface area contributed by atoms with E-state index in [1.54, 1.807) is 11.1 Å². The van der Waals surface area contributed by atoms with Crippen LogP contribution in [0.1, 0.15) is 254 Å². The number of benzene rings is 7. The average Bonchev–Trinajstić information content (AvgIpc) is 0.801. The first kappa shape index (κ1) is 105. The van der Waals surface area contributed by atoms with Gasteiger partial charge in [-0.05, 0) is 180 Å². The van der Waals surface area contributed by atoms with Crippen molar-refractivity contribution in [3.8, 4) is 29.6 Å². The number of hydrogen-bond donors (Lipinski definition) is 0. The molecule has 0 spiro atoms. The molecule has 0 unspecified atom stereocenters. The standard InChI is InChI=1S/C19H22O.C18H20O.C14H20O.2C12H16.C8H20O4Si.C8H14O2.C6H12.C6H10/c1-5-15-8-12-18(13-9-15)20-14-16-6-10-17(11-7-16)19(2,3)4;1-5-14-6-10-16(11-7-14)19-17-12-8-15(9-13-17)18(2,3)4;1-5-12-6-8-13(9-7-12)10-15-11-14(2,3)4;1-12(2,3)11-7-6-9-4-5-10(9)8-11;1-5-10-6-8-11(9-7-10)12(2,3)4;1-8(2,3)7-12-13(9-4,10-5)11-6;1-5-7(9)10-6-8(2,3)4;2*1-5-6(2,3)4/h5-13H,1,14H2,2-4H3;5-13H,1H2,2-4H3;5-9H,1,10-11H2,2-4H3;6-8H,4-5H2,1-3H3;5-9H,1H2,2-4H3;7H2,1-6H3;5H,1,6H2,2-4H3;5H,1H2,2-4H3;1H,2-4H3. The lowest BCUT2D eigenvalue weighted by atomic mass is 9.80. The molecule has 9 nitrogen and oxygen atoms in total. The maximum absolute atomic E-state index is 10.5. The summed E-state index contributed by atoms with van der Waals surface area (Å²) in [5, 5.41) is 0. The van der Waals surface area contributed by atoms with Crippen molar-refractivity contribution in [2.75, 3.05) is 41.2 Å². The van der Waals surface area contributed by atoms with Crippen molar-refractivity contribution in [2.24, 2.45) is 27.1 Å². The predicted molar refractivity (Wildman–Crippen MR) is 492 cm³/mol. The van der Waals surface area contributed by atoms with Gasteiger partial charge >= 0.3 is 15.0 Å². The summed E-state index contributed by atoms with van der Waals surface area (Å²) in [6.07, 6.45) is 18.1. The van der Waals surface area contributed by atoms with E-state index in [-0.39, 0.29) is 43.9 Å². The molecule has 0 aliphatic heterocycles. The van der Waals surface area contributed by atoms with Crippen LogP contribution < -0.4 is 9.47 Å². The van der Waals surface area contributed by atoms with Crippen molar-refractivity contribution in [1.82, 2.24) is 0 Å². The van der Waals surface area contributed by atoms with Crippen LogP contribution in [0.4, 0.5) is 0 Å². The first-order valence-electron chi connectivity index (χ1n) is 39.4. The molecule has 0 amide bonds. The minimum Gasteiger partial charge on any atom is -0.489 e. The number of hydrogen-bond acceptors (Lipinski definition) is 9. The van der Waals surface area contributed by atoms with Crippen molar-refractivity contribution < 1.29 is 41.4 Å². The number of esters is 1. The van der Waals surface area contributed by atoms with Gasteiger partial charge in [-0.25, -0.2) is 4.79 Å². The first-order valence-corrected chi connectivity index (χ1v) is 41.0. The second-order valence-electron chi connectivity index (χ2n) is 37.8. The van der Waals surface area contributed by atoms with Gasteiger partial charge in [0.25, 0.3) is 0 Å². The zero-order valence-corrected chi connectivity index (χ0v) is 77.0. The lowest BCUT2D eigenvalue weighted by Gasteiger charge is -2.27. The highest BCUT2D eigenvalue weighted by Crippen LogP contribution is 2.32. The summed E-state index contributed by atoms with van der Waals surface area (Å²) < 4.78 is 42.8. The Hall–Kier alpha value is -8.37. The normalized spacial score (nSPS) is 11.8. The maximum Gasteiger partial charge on any atom is 0.678 e. The number of rotatable bonds is 19. The van der Waals surface area contributed by atoms with E-state index in [1.807, 2.05) is 133 Å². The van der Waals surface area contributed by atoms with Gasteiger partial charge in [0.05, 0.1) is 19.8 Å². The van der Waals surface area contributed by atoms with Crippen LogP contribution >= 0.6 is 0 Å². The van der Waals surface area contributed by atoms with E-state index < -0.39 is 9.05 Å². The molecule has 7 aromatic rings. The van der Waals surface area contributed by atoms with Crippen LogP contribution in [-0.4, -0.2) is 56.2 Å². The van der Waals surface area contributed by atoms with E-state index in [0.29, 0.717) is 37.3 Å². The van der Waals surface area contributed by atoms with Gasteiger partial charge in [-0.2, -0.15) is 0 Å². The van der Waals surface area contributed by atoms with Gasteiger partial charge in [0.1, 0.15) is 23.9 Å². The Balaban J connectivity index is 0.00000128. The Labute approximate surface area is 691 Å². The Morgan fingerprint density at radius 2 is 0.699 bits per heavy atom. The highest BCUT2D eigenvalue weighted by Gasteiger charge is 2.43. The number of terminal acetylenes is 1.